The monoisotopic (exact) mass is 341 g/mol. The Balaban J connectivity index is 1.55. The summed E-state index contributed by atoms with van der Waals surface area (Å²) in [5, 5.41) is 7.42. The molecule has 4 rings (SSSR count). The Bertz CT molecular complexity index is 895. The van der Waals surface area contributed by atoms with E-state index in [4.69, 9.17) is 4.98 Å². The summed E-state index contributed by atoms with van der Waals surface area (Å²) in [5.74, 6) is 0.822. The second-order valence-corrected chi connectivity index (χ2v) is 7.38. The molecule has 0 bridgehead atoms. The number of thioether (sulfide) groups is 1. The van der Waals surface area contributed by atoms with E-state index in [9.17, 15) is 0 Å². The lowest BCUT2D eigenvalue weighted by molar-refractivity contribution is 1.10. The van der Waals surface area contributed by atoms with Crippen LogP contribution in [-0.2, 0) is 5.75 Å². The van der Waals surface area contributed by atoms with Crippen molar-refractivity contribution >= 4 is 45.3 Å². The van der Waals surface area contributed by atoms with Crippen LogP contribution in [0.1, 0.15) is 5.69 Å². The van der Waals surface area contributed by atoms with Crippen LogP contribution >= 0.6 is 34.4 Å². The van der Waals surface area contributed by atoms with E-state index in [0.29, 0.717) is 0 Å². The summed E-state index contributed by atoms with van der Waals surface area (Å²) in [4.78, 5) is 14.6. The van der Waals surface area contributed by atoms with Gasteiger partial charge in [0.15, 0.2) is 0 Å². The van der Waals surface area contributed by atoms with Crippen LogP contribution in [0, 0.1) is 0 Å². The molecule has 0 aliphatic heterocycles. The quantitative estimate of drug-likeness (QED) is 0.382. The van der Waals surface area contributed by atoms with Crippen molar-refractivity contribution in [3.63, 3.8) is 0 Å². The zero-order valence-corrected chi connectivity index (χ0v) is 13.9. The molecular weight excluding hydrogens is 330 g/mol. The van der Waals surface area contributed by atoms with Gasteiger partial charge in [-0.3, -0.25) is 0 Å². The number of benzene rings is 1. The minimum atomic E-state index is 0.822. The summed E-state index contributed by atoms with van der Waals surface area (Å²) in [6.07, 6.45) is 1.63. The Morgan fingerprint density at radius 3 is 2.86 bits per heavy atom. The molecule has 3 heterocycles. The van der Waals surface area contributed by atoms with Gasteiger partial charge in [0.05, 0.1) is 16.1 Å². The van der Waals surface area contributed by atoms with Crippen LogP contribution in [0.3, 0.4) is 0 Å². The third kappa shape index (κ3) is 2.77. The molecule has 0 N–H and O–H groups in total. The van der Waals surface area contributed by atoms with E-state index < -0.39 is 0 Å². The molecule has 0 amide bonds. The molecule has 4 aromatic rings. The highest BCUT2D eigenvalue weighted by molar-refractivity contribution is 7.98. The highest BCUT2D eigenvalue weighted by Crippen LogP contribution is 2.31. The molecule has 0 aliphatic rings. The Hall–Kier alpha value is -1.76. The summed E-state index contributed by atoms with van der Waals surface area (Å²) in [6.45, 7) is 0. The fraction of sp³-hybridized carbons (Fsp3) is 0.0625. The maximum Gasteiger partial charge on any atom is 0.133 e. The third-order valence-electron chi connectivity index (χ3n) is 3.15. The molecule has 0 spiro atoms. The Labute approximate surface area is 140 Å². The highest BCUT2D eigenvalue weighted by atomic mass is 32.2. The first-order valence-corrected chi connectivity index (χ1v) is 9.45. The maximum atomic E-state index is 4.71. The van der Waals surface area contributed by atoms with Gasteiger partial charge in [-0.25, -0.2) is 15.0 Å². The number of para-hydroxylation sites is 1. The first kappa shape index (κ1) is 13.9. The van der Waals surface area contributed by atoms with Gasteiger partial charge in [0.25, 0.3) is 0 Å². The van der Waals surface area contributed by atoms with Crippen LogP contribution in [0.25, 0.3) is 20.8 Å². The van der Waals surface area contributed by atoms with Crippen LogP contribution < -0.4 is 0 Å². The summed E-state index contributed by atoms with van der Waals surface area (Å²) < 4.78 is 0. The lowest BCUT2D eigenvalue weighted by Gasteiger charge is -2.03. The lowest BCUT2D eigenvalue weighted by atomic mass is 10.2. The number of hydrogen-bond acceptors (Lipinski definition) is 6. The van der Waals surface area contributed by atoms with Gasteiger partial charge in [0.1, 0.15) is 16.4 Å². The van der Waals surface area contributed by atoms with Crippen molar-refractivity contribution in [2.24, 2.45) is 0 Å². The topological polar surface area (TPSA) is 38.7 Å². The van der Waals surface area contributed by atoms with Crippen LogP contribution in [0.4, 0.5) is 0 Å². The molecule has 108 valence electrons. The predicted octanol–water partition coefficient (Wildman–Crippen LogP) is 5.11. The first-order valence-electron chi connectivity index (χ1n) is 6.71. The smallest absolute Gasteiger partial charge is 0.133 e. The fourth-order valence-corrected chi connectivity index (χ4v) is 4.75. The van der Waals surface area contributed by atoms with Crippen molar-refractivity contribution in [1.82, 2.24) is 15.0 Å². The molecule has 0 radical (unpaired) electrons. The zero-order chi connectivity index (χ0) is 14.8. The van der Waals surface area contributed by atoms with Gasteiger partial charge in [-0.05, 0) is 17.5 Å². The van der Waals surface area contributed by atoms with Gasteiger partial charge in [-0.2, -0.15) is 0 Å². The second kappa shape index (κ2) is 6.16. The van der Waals surface area contributed by atoms with E-state index in [1.165, 1.54) is 4.88 Å². The number of aromatic nitrogens is 3. The van der Waals surface area contributed by atoms with E-state index in [2.05, 4.69) is 38.9 Å². The van der Waals surface area contributed by atoms with Crippen LogP contribution in [0.2, 0.25) is 0 Å². The van der Waals surface area contributed by atoms with Crippen LogP contribution in [-0.4, -0.2) is 15.0 Å². The highest BCUT2D eigenvalue weighted by Gasteiger charge is 2.08. The largest absolute Gasteiger partial charge is 0.239 e. The van der Waals surface area contributed by atoms with Crippen molar-refractivity contribution in [3.05, 3.63) is 59.2 Å². The van der Waals surface area contributed by atoms with Gasteiger partial charge >= 0.3 is 0 Å². The Kier molecular flexibility index (Phi) is 3.88. The molecular formula is C16H11N3S3. The average Bonchev–Trinajstić information content (AvgIpc) is 3.24. The van der Waals surface area contributed by atoms with Gasteiger partial charge < -0.3 is 0 Å². The van der Waals surface area contributed by atoms with Gasteiger partial charge in [-0.1, -0.05) is 36.0 Å². The number of nitrogens with zero attached hydrogens (tertiary/aromatic N) is 3. The summed E-state index contributed by atoms with van der Waals surface area (Å²) in [5.41, 5.74) is 2.08. The number of rotatable bonds is 4. The normalized spacial score (nSPS) is 11.1. The van der Waals surface area contributed by atoms with E-state index in [1.54, 1.807) is 40.8 Å². The maximum absolute atomic E-state index is 4.71. The number of thiophene rings is 1. The molecule has 3 aromatic heterocycles. The zero-order valence-electron chi connectivity index (χ0n) is 11.5. The second-order valence-electron chi connectivity index (χ2n) is 4.61. The third-order valence-corrected chi connectivity index (χ3v) is 6.12. The molecule has 1 aromatic carbocycles. The standard InChI is InChI=1S/C16H11N3S3/c1-2-5-13-12(4-1)15(18-10-17-13)21-8-11-9-22-16(19-11)14-6-3-7-20-14/h1-7,9-10H,8H2. The molecule has 0 fully saturated rings. The molecule has 0 atom stereocenters. The average molecular weight is 341 g/mol. The molecule has 22 heavy (non-hydrogen) atoms. The predicted molar refractivity (Wildman–Crippen MR) is 94.5 cm³/mol. The summed E-state index contributed by atoms with van der Waals surface area (Å²) >= 11 is 5.14. The minimum Gasteiger partial charge on any atom is -0.239 e. The van der Waals surface area contributed by atoms with Gasteiger partial charge in [0, 0.05) is 16.5 Å². The van der Waals surface area contributed by atoms with E-state index in [0.717, 1.165) is 32.4 Å². The van der Waals surface area contributed by atoms with Crippen molar-refractivity contribution in [3.8, 4) is 9.88 Å². The van der Waals surface area contributed by atoms with E-state index in [1.807, 2.05) is 18.2 Å². The minimum absolute atomic E-state index is 0.822. The lowest BCUT2D eigenvalue weighted by Crippen LogP contribution is -1.88. The van der Waals surface area contributed by atoms with Crippen molar-refractivity contribution in [2.75, 3.05) is 0 Å². The molecule has 6 heteroatoms. The summed E-state index contributed by atoms with van der Waals surface area (Å²) in [6, 6.07) is 12.3. The van der Waals surface area contributed by atoms with E-state index in [-0.39, 0.29) is 0 Å². The van der Waals surface area contributed by atoms with Crippen molar-refractivity contribution < 1.29 is 0 Å². The molecule has 0 unspecified atom stereocenters. The van der Waals surface area contributed by atoms with Crippen molar-refractivity contribution in [1.29, 1.82) is 0 Å². The molecule has 0 aliphatic carbocycles. The van der Waals surface area contributed by atoms with Gasteiger partial charge in [-0.15, -0.1) is 22.7 Å². The summed E-state index contributed by atoms with van der Waals surface area (Å²) in [7, 11) is 0. The SMILES string of the molecule is c1csc(-c2nc(CSc3ncnc4ccccc34)cs2)c1. The fourth-order valence-electron chi connectivity index (χ4n) is 2.12. The Morgan fingerprint density at radius 1 is 1.00 bits per heavy atom. The van der Waals surface area contributed by atoms with Crippen molar-refractivity contribution in [2.45, 2.75) is 10.8 Å². The van der Waals surface area contributed by atoms with Crippen LogP contribution in [0.15, 0.2) is 58.5 Å². The number of hydrogen-bond donors (Lipinski definition) is 0. The van der Waals surface area contributed by atoms with Gasteiger partial charge in [0.2, 0.25) is 0 Å². The van der Waals surface area contributed by atoms with E-state index >= 15 is 0 Å². The first-order chi connectivity index (χ1) is 10.9. The Morgan fingerprint density at radius 2 is 1.95 bits per heavy atom. The molecule has 0 saturated heterocycles. The molecule has 0 saturated carbocycles. The molecule has 3 nitrogen and oxygen atoms in total. The van der Waals surface area contributed by atoms with Crippen LogP contribution in [0.5, 0.6) is 0 Å². The number of thiazole rings is 1. The number of fused-ring (bicyclic) bond motifs is 1.